The van der Waals surface area contributed by atoms with E-state index in [4.69, 9.17) is 14.2 Å². The number of methoxy groups -OCH3 is 2. The molecule has 1 aliphatic rings. The molecule has 2 aromatic carbocycles. The van der Waals surface area contributed by atoms with Crippen LogP contribution in [-0.4, -0.2) is 70.9 Å². The number of ether oxygens (including phenoxy) is 3. The zero-order chi connectivity index (χ0) is 33.0. The number of carbonyl (C=O) groups excluding carboxylic acids is 3. The lowest BCUT2D eigenvalue weighted by Gasteiger charge is -2.36. The number of piperidine rings is 1. The molecule has 1 aliphatic heterocycles. The van der Waals surface area contributed by atoms with Crippen LogP contribution in [-0.2, 0) is 22.6 Å². The summed E-state index contributed by atoms with van der Waals surface area (Å²) in [6, 6.07) is 16.0. The summed E-state index contributed by atoms with van der Waals surface area (Å²) in [7, 11) is 2.80. The van der Waals surface area contributed by atoms with Crippen molar-refractivity contribution in [1.29, 1.82) is 0 Å². The number of nitrogens with one attached hydrogen (secondary N) is 1. The summed E-state index contributed by atoms with van der Waals surface area (Å²) in [5, 5.41) is 2.95. The number of nitrogens with zero attached hydrogens (tertiary/aromatic N) is 4. The van der Waals surface area contributed by atoms with E-state index in [9.17, 15) is 19.2 Å². The number of fused-ring (bicyclic) bond motifs is 1. The molecule has 12 nitrogen and oxygen atoms in total. The Hall–Kier alpha value is -5.13. The third kappa shape index (κ3) is 7.06. The molecule has 1 atom stereocenters. The van der Waals surface area contributed by atoms with E-state index in [0.29, 0.717) is 43.1 Å². The summed E-state index contributed by atoms with van der Waals surface area (Å²) in [5.41, 5.74) is 0.637. The van der Waals surface area contributed by atoms with Gasteiger partial charge in [-0.05, 0) is 51.3 Å². The van der Waals surface area contributed by atoms with E-state index in [2.05, 4.69) is 10.3 Å². The van der Waals surface area contributed by atoms with Crippen LogP contribution in [0.2, 0.25) is 0 Å². The Labute approximate surface area is 266 Å². The molecule has 46 heavy (non-hydrogen) atoms. The van der Waals surface area contributed by atoms with Gasteiger partial charge in [0.15, 0.2) is 5.78 Å². The average Bonchev–Trinajstić information content (AvgIpc) is 3.36. The zero-order valence-electron chi connectivity index (χ0n) is 26.7. The van der Waals surface area contributed by atoms with E-state index in [0.717, 1.165) is 5.56 Å². The number of rotatable bonds is 9. The molecule has 0 radical (unpaired) electrons. The maximum absolute atomic E-state index is 14.2. The van der Waals surface area contributed by atoms with E-state index >= 15 is 0 Å². The minimum absolute atomic E-state index is 0.148. The van der Waals surface area contributed by atoms with Crippen molar-refractivity contribution in [2.45, 2.75) is 58.3 Å². The molecule has 1 amide bonds. The number of amides is 1. The number of esters is 1. The topological polar surface area (TPSA) is 134 Å². The molecule has 0 aliphatic carbocycles. The molecule has 0 spiro atoms. The van der Waals surface area contributed by atoms with Crippen LogP contribution in [0.1, 0.15) is 59.9 Å². The van der Waals surface area contributed by atoms with Crippen molar-refractivity contribution in [2.75, 3.05) is 32.2 Å². The van der Waals surface area contributed by atoms with Crippen LogP contribution in [0.3, 0.4) is 0 Å². The Morgan fingerprint density at radius 1 is 1.04 bits per heavy atom. The van der Waals surface area contributed by atoms with Crippen molar-refractivity contribution in [3.8, 4) is 5.75 Å². The van der Waals surface area contributed by atoms with Gasteiger partial charge in [-0.2, -0.15) is 0 Å². The monoisotopic (exact) mass is 629 g/mol. The van der Waals surface area contributed by atoms with Crippen molar-refractivity contribution < 1.29 is 28.6 Å². The number of benzene rings is 2. The first-order valence-electron chi connectivity index (χ1n) is 15.1. The lowest BCUT2D eigenvalue weighted by Crippen LogP contribution is -2.49. The lowest BCUT2D eigenvalue weighted by molar-refractivity contribution is 0.0498. The number of alkyl carbamates (subject to hydrolysis) is 1. The first kappa shape index (κ1) is 32.3. The lowest BCUT2D eigenvalue weighted by atomic mass is 10.1. The number of ketones is 1. The minimum Gasteiger partial charge on any atom is -0.497 e. The molecule has 3 heterocycles. The molecule has 5 rings (SSSR count). The van der Waals surface area contributed by atoms with E-state index in [1.807, 2.05) is 35.2 Å². The van der Waals surface area contributed by atoms with Gasteiger partial charge in [-0.15, -0.1) is 0 Å². The molecule has 0 unspecified atom stereocenters. The molecule has 12 heteroatoms. The molecule has 0 bridgehead atoms. The van der Waals surface area contributed by atoms with Gasteiger partial charge in [-0.3, -0.25) is 14.2 Å². The Morgan fingerprint density at radius 2 is 1.80 bits per heavy atom. The van der Waals surface area contributed by atoms with Crippen molar-refractivity contribution in [2.24, 2.45) is 0 Å². The van der Waals surface area contributed by atoms with E-state index in [1.165, 1.54) is 25.1 Å². The fourth-order valence-corrected chi connectivity index (χ4v) is 5.71. The third-order valence-electron chi connectivity index (χ3n) is 7.72. The van der Waals surface area contributed by atoms with Gasteiger partial charge in [-0.25, -0.2) is 14.6 Å². The Bertz CT molecular complexity index is 1810. The van der Waals surface area contributed by atoms with Crippen molar-refractivity contribution >= 4 is 34.7 Å². The SMILES string of the molecule is COC(=O)c1c(N2CCC[C@H](NC(=O)OC(C)(C)C)C2)n(Cc2ccccc2)c2c(=O)n(CC(=O)c3cccc(OC)c3)cnc12. The quantitative estimate of drug-likeness (QED) is 0.211. The Kier molecular flexibility index (Phi) is 9.45. The molecule has 1 N–H and O–H groups in total. The zero-order valence-corrected chi connectivity index (χ0v) is 26.7. The molecule has 1 fully saturated rings. The summed E-state index contributed by atoms with van der Waals surface area (Å²) in [4.78, 5) is 60.1. The summed E-state index contributed by atoms with van der Waals surface area (Å²) >= 11 is 0. The largest absolute Gasteiger partial charge is 0.497 e. The standard InChI is InChI=1S/C34H39N5O7/c1-34(2,3)46-33(43)36-24-14-10-16-37(19-24)30-27(32(42)45-5)28-29(39(30)18-22-11-7-6-8-12-22)31(41)38(21-35-28)20-26(40)23-13-9-15-25(17-23)44-4/h6-9,11-13,15,17,21,24H,10,14,16,18-20H2,1-5H3,(H,36,43)/t24-/m0/s1. The van der Waals surface area contributed by atoms with Gasteiger partial charge in [-0.1, -0.05) is 42.5 Å². The van der Waals surface area contributed by atoms with E-state index < -0.39 is 23.2 Å². The van der Waals surface area contributed by atoms with Gasteiger partial charge in [0, 0.05) is 31.2 Å². The van der Waals surface area contributed by atoms with Crippen molar-refractivity contribution in [3.05, 3.63) is 88.0 Å². The van der Waals surface area contributed by atoms with Crippen LogP contribution in [0.5, 0.6) is 5.75 Å². The van der Waals surface area contributed by atoms with Gasteiger partial charge in [0.2, 0.25) is 0 Å². The molecule has 1 saturated heterocycles. The molecule has 2 aromatic heterocycles. The highest BCUT2D eigenvalue weighted by atomic mass is 16.6. The van der Waals surface area contributed by atoms with Crippen LogP contribution < -0.4 is 20.5 Å². The summed E-state index contributed by atoms with van der Waals surface area (Å²) in [6.45, 7) is 6.30. The summed E-state index contributed by atoms with van der Waals surface area (Å²) in [6.07, 6.45) is 2.18. The summed E-state index contributed by atoms with van der Waals surface area (Å²) < 4.78 is 19.0. The van der Waals surface area contributed by atoms with Crippen LogP contribution in [0.15, 0.2) is 65.7 Å². The summed E-state index contributed by atoms with van der Waals surface area (Å²) in [5.74, 6) is 0.0368. The highest BCUT2D eigenvalue weighted by Gasteiger charge is 2.34. The minimum atomic E-state index is -0.655. The van der Waals surface area contributed by atoms with Crippen molar-refractivity contribution in [1.82, 2.24) is 19.4 Å². The van der Waals surface area contributed by atoms with Crippen LogP contribution >= 0.6 is 0 Å². The Balaban J connectivity index is 1.61. The first-order chi connectivity index (χ1) is 22.0. The number of hydrogen-bond acceptors (Lipinski definition) is 9. The second-order valence-corrected chi connectivity index (χ2v) is 12.2. The predicted molar refractivity (Wildman–Crippen MR) is 173 cm³/mol. The molecule has 4 aromatic rings. The first-order valence-corrected chi connectivity index (χ1v) is 15.1. The van der Waals surface area contributed by atoms with Gasteiger partial charge in [0.1, 0.15) is 33.8 Å². The maximum atomic E-state index is 14.2. The van der Waals surface area contributed by atoms with Crippen LogP contribution in [0.4, 0.5) is 10.6 Å². The van der Waals surface area contributed by atoms with Crippen LogP contribution in [0, 0.1) is 0 Å². The fourth-order valence-electron chi connectivity index (χ4n) is 5.71. The molecular formula is C34H39N5O7. The fraction of sp³-hybridized carbons (Fsp3) is 0.382. The Morgan fingerprint density at radius 3 is 2.50 bits per heavy atom. The number of hydrogen-bond donors (Lipinski definition) is 1. The highest BCUT2D eigenvalue weighted by Crippen LogP contribution is 2.34. The van der Waals surface area contributed by atoms with Crippen LogP contribution in [0.25, 0.3) is 11.0 Å². The average molecular weight is 630 g/mol. The molecule has 0 saturated carbocycles. The number of aromatic nitrogens is 3. The maximum Gasteiger partial charge on any atom is 0.407 e. The molecular weight excluding hydrogens is 590 g/mol. The second-order valence-electron chi connectivity index (χ2n) is 12.2. The second kappa shape index (κ2) is 13.5. The van der Waals surface area contributed by atoms with Gasteiger partial charge < -0.3 is 29.0 Å². The van der Waals surface area contributed by atoms with Crippen molar-refractivity contribution in [3.63, 3.8) is 0 Å². The number of carbonyl (C=O) groups is 3. The normalized spacial score (nSPS) is 15.0. The predicted octanol–water partition coefficient (Wildman–Crippen LogP) is 4.42. The van der Waals surface area contributed by atoms with Gasteiger partial charge >= 0.3 is 12.1 Å². The number of Topliss-reactive ketones (excluding diaryl/α,β-unsaturated/α-hetero) is 1. The molecule has 242 valence electrons. The van der Waals surface area contributed by atoms with Gasteiger partial charge in [0.25, 0.3) is 5.56 Å². The highest BCUT2D eigenvalue weighted by molar-refractivity contribution is 6.08. The number of anilines is 1. The van der Waals surface area contributed by atoms with E-state index in [-0.39, 0.29) is 41.5 Å². The van der Waals surface area contributed by atoms with E-state index in [1.54, 1.807) is 49.6 Å². The smallest absolute Gasteiger partial charge is 0.407 e. The van der Waals surface area contributed by atoms with Gasteiger partial charge in [0.05, 0.1) is 27.1 Å². The third-order valence-corrected chi connectivity index (χ3v) is 7.72.